The average molecular weight is 404 g/mol. The molecule has 6 nitrogen and oxygen atoms in total. The first-order chi connectivity index (χ1) is 13.7. The van der Waals surface area contributed by atoms with Crippen LogP contribution >= 0.6 is 11.3 Å². The molecule has 1 aliphatic heterocycles. The Morgan fingerprint density at radius 3 is 2.61 bits per heavy atom. The second-order valence-electron chi connectivity index (χ2n) is 7.54. The molecule has 0 spiro atoms. The fourth-order valence-corrected chi connectivity index (χ4v) is 4.95. The summed E-state index contributed by atoms with van der Waals surface area (Å²) in [5, 5.41) is 13.0. The van der Waals surface area contributed by atoms with E-state index < -0.39 is 0 Å². The molecule has 0 atom stereocenters. The molecule has 1 aromatic heterocycles. The molecular weight excluding hydrogens is 377 g/mol. The van der Waals surface area contributed by atoms with Gasteiger partial charge in [0.15, 0.2) is 0 Å². The highest BCUT2D eigenvalue weighted by Gasteiger charge is 2.23. The van der Waals surface area contributed by atoms with E-state index in [9.17, 15) is 9.18 Å². The van der Waals surface area contributed by atoms with Crippen molar-refractivity contribution >= 4 is 28.1 Å². The molecule has 28 heavy (non-hydrogen) atoms. The minimum atomic E-state index is -0.196. The summed E-state index contributed by atoms with van der Waals surface area (Å²) in [6, 6.07) is 6.84. The first-order valence-electron chi connectivity index (χ1n) is 10.0. The van der Waals surface area contributed by atoms with E-state index in [1.165, 1.54) is 49.5 Å². The van der Waals surface area contributed by atoms with Crippen molar-refractivity contribution in [1.82, 2.24) is 15.1 Å². The number of nitrogens with zero attached hydrogens (tertiary/aromatic N) is 4. The molecule has 0 bridgehead atoms. The summed E-state index contributed by atoms with van der Waals surface area (Å²) in [5.74, 6) is 0.243. The van der Waals surface area contributed by atoms with E-state index in [0.717, 1.165) is 18.1 Å². The van der Waals surface area contributed by atoms with E-state index in [-0.39, 0.29) is 11.7 Å². The summed E-state index contributed by atoms with van der Waals surface area (Å²) in [6.45, 7) is 3.19. The number of halogens is 1. The van der Waals surface area contributed by atoms with Crippen LogP contribution in [-0.2, 0) is 4.79 Å². The van der Waals surface area contributed by atoms with Crippen LogP contribution in [0, 0.1) is 5.82 Å². The van der Waals surface area contributed by atoms with E-state index in [2.05, 4.69) is 20.4 Å². The van der Waals surface area contributed by atoms with Crippen molar-refractivity contribution in [3.8, 4) is 0 Å². The standard InChI is InChI=1S/C20H26FN5OS/c21-16-8-4-5-9-17(16)26-12-10-25(11-13-26)14-18(27)22-20-24-23-19(28-20)15-6-2-1-3-7-15/h4-5,8-9,15H,1-3,6-7,10-14H2,(H,22,24,27). The highest BCUT2D eigenvalue weighted by atomic mass is 32.1. The number of para-hydroxylation sites is 1. The van der Waals surface area contributed by atoms with Crippen LogP contribution in [0.5, 0.6) is 0 Å². The number of hydrogen-bond donors (Lipinski definition) is 1. The summed E-state index contributed by atoms with van der Waals surface area (Å²) in [5.41, 5.74) is 0.635. The van der Waals surface area contributed by atoms with Gasteiger partial charge < -0.3 is 4.90 Å². The third-order valence-electron chi connectivity index (χ3n) is 5.57. The minimum Gasteiger partial charge on any atom is -0.367 e. The first kappa shape index (κ1) is 19.3. The zero-order chi connectivity index (χ0) is 19.3. The largest absolute Gasteiger partial charge is 0.367 e. The number of aromatic nitrogens is 2. The topological polar surface area (TPSA) is 61.4 Å². The zero-order valence-corrected chi connectivity index (χ0v) is 16.8. The smallest absolute Gasteiger partial charge is 0.240 e. The summed E-state index contributed by atoms with van der Waals surface area (Å²) >= 11 is 1.51. The molecule has 0 unspecified atom stereocenters. The summed E-state index contributed by atoms with van der Waals surface area (Å²) in [7, 11) is 0. The van der Waals surface area contributed by atoms with Crippen LogP contribution in [0.3, 0.4) is 0 Å². The number of carbonyl (C=O) groups is 1. The van der Waals surface area contributed by atoms with Gasteiger partial charge in [-0.15, -0.1) is 10.2 Å². The van der Waals surface area contributed by atoms with Crippen LogP contribution in [0.25, 0.3) is 0 Å². The molecule has 2 aromatic rings. The number of carbonyl (C=O) groups excluding carboxylic acids is 1. The van der Waals surface area contributed by atoms with Crippen LogP contribution in [0.2, 0.25) is 0 Å². The fraction of sp³-hybridized carbons (Fsp3) is 0.550. The lowest BCUT2D eigenvalue weighted by molar-refractivity contribution is -0.117. The molecule has 8 heteroatoms. The van der Waals surface area contributed by atoms with E-state index >= 15 is 0 Å². The molecule has 1 N–H and O–H groups in total. The second-order valence-corrected chi connectivity index (χ2v) is 8.55. The van der Waals surface area contributed by atoms with E-state index in [1.807, 2.05) is 11.0 Å². The molecule has 1 saturated heterocycles. The van der Waals surface area contributed by atoms with Crippen molar-refractivity contribution in [2.45, 2.75) is 38.0 Å². The third kappa shape index (κ3) is 4.67. The van der Waals surface area contributed by atoms with Crippen molar-refractivity contribution in [1.29, 1.82) is 0 Å². The van der Waals surface area contributed by atoms with Crippen molar-refractivity contribution in [2.75, 3.05) is 42.9 Å². The zero-order valence-electron chi connectivity index (χ0n) is 15.9. The number of hydrogen-bond acceptors (Lipinski definition) is 6. The Morgan fingerprint density at radius 2 is 1.86 bits per heavy atom. The van der Waals surface area contributed by atoms with Crippen molar-refractivity contribution in [3.63, 3.8) is 0 Å². The van der Waals surface area contributed by atoms with Gasteiger partial charge in [-0.2, -0.15) is 0 Å². The highest BCUT2D eigenvalue weighted by Crippen LogP contribution is 2.35. The van der Waals surface area contributed by atoms with Crippen molar-refractivity contribution < 1.29 is 9.18 Å². The lowest BCUT2D eigenvalue weighted by Crippen LogP contribution is -2.48. The molecule has 1 aliphatic carbocycles. The molecule has 2 heterocycles. The summed E-state index contributed by atoms with van der Waals surface area (Å²) < 4.78 is 13.9. The molecule has 1 amide bonds. The Hall–Kier alpha value is -2.06. The lowest BCUT2D eigenvalue weighted by Gasteiger charge is -2.35. The van der Waals surface area contributed by atoms with Gasteiger partial charge in [-0.25, -0.2) is 4.39 Å². The first-order valence-corrected chi connectivity index (χ1v) is 10.9. The molecular formula is C20H26FN5OS. The number of amides is 1. The minimum absolute atomic E-state index is 0.0642. The lowest BCUT2D eigenvalue weighted by atomic mass is 9.90. The van der Waals surface area contributed by atoms with Gasteiger partial charge in [-0.05, 0) is 25.0 Å². The van der Waals surface area contributed by atoms with Crippen LogP contribution in [0.15, 0.2) is 24.3 Å². The Balaban J connectivity index is 1.25. The number of nitrogens with one attached hydrogen (secondary N) is 1. The molecule has 0 radical (unpaired) electrons. The SMILES string of the molecule is O=C(CN1CCN(c2ccccc2F)CC1)Nc1nnc(C2CCCCC2)s1. The Morgan fingerprint density at radius 1 is 1.11 bits per heavy atom. The average Bonchev–Trinajstić information content (AvgIpc) is 3.18. The number of anilines is 2. The van der Waals surface area contributed by atoms with Gasteiger partial charge in [0.1, 0.15) is 10.8 Å². The molecule has 2 fully saturated rings. The van der Waals surface area contributed by atoms with Gasteiger partial charge in [0, 0.05) is 32.1 Å². The molecule has 4 rings (SSSR count). The number of rotatable bonds is 5. The van der Waals surface area contributed by atoms with Crippen molar-refractivity contribution in [2.24, 2.45) is 0 Å². The Bertz CT molecular complexity index is 799. The monoisotopic (exact) mass is 403 g/mol. The maximum atomic E-state index is 13.9. The molecule has 2 aliphatic rings. The van der Waals surface area contributed by atoms with E-state index in [1.54, 1.807) is 12.1 Å². The Labute approximate surface area is 168 Å². The maximum absolute atomic E-state index is 13.9. The quantitative estimate of drug-likeness (QED) is 0.828. The molecule has 1 saturated carbocycles. The van der Waals surface area contributed by atoms with E-state index in [4.69, 9.17) is 0 Å². The number of benzene rings is 1. The predicted octanol–water partition coefficient (Wildman–Crippen LogP) is 3.49. The van der Waals surface area contributed by atoms with Gasteiger partial charge in [0.2, 0.25) is 11.0 Å². The summed E-state index contributed by atoms with van der Waals surface area (Å²) in [6.07, 6.45) is 6.17. The van der Waals surface area contributed by atoms with Crippen LogP contribution in [-0.4, -0.2) is 53.7 Å². The van der Waals surface area contributed by atoms with E-state index in [0.29, 0.717) is 36.4 Å². The molecule has 1 aromatic carbocycles. The van der Waals surface area contributed by atoms with Crippen molar-refractivity contribution in [3.05, 3.63) is 35.1 Å². The van der Waals surface area contributed by atoms with Gasteiger partial charge in [-0.1, -0.05) is 42.7 Å². The maximum Gasteiger partial charge on any atom is 0.240 e. The third-order valence-corrected chi connectivity index (χ3v) is 6.58. The van der Waals surface area contributed by atoms with Gasteiger partial charge in [-0.3, -0.25) is 15.0 Å². The number of piperazine rings is 1. The van der Waals surface area contributed by atoms with Crippen LogP contribution < -0.4 is 10.2 Å². The predicted molar refractivity (Wildman–Crippen MR) is 109 cm³/mol. The second kappa shape index (κ2) is 8.96. The van der Waals surface area contributed by atoms with Gasteiger partial charge >= 0.3 is 0 Å². The van der Waals surface area contributed by atoms with Gasteiger partial charge in [0.05, 0.1) is 12.2 Å². The normalized spacial score (nSPS) is 19.0. The van der Waals surface area contributed by atoms with Gasteiger partial charge in [0.25, 0.3) is 0 Å². The highest BCUT2D eigenvalue weighted by molar-refractivity contribution is 7.15. The molecule has 150 valence electrons. The van der Waals surface area contributed by atoms with Crippen LogP contribution in [0.1, 0.15) is 43.0 Å². The Kier molecular flexibility index (Phi) is 6.17. The fourth-order valence-electron chi connectivity index (χ4n) is 4.02. The summed E-state index contributed by atoms with van der Waals surface area (Å²) in [4.78, 5) is 16.5. The van der Waals surface area contributed by atoms with Crippen LogP contribution in [0.4, 0.5) is 15.2 Å².